The predicted molar refractivity (Wildman–Crippen MR) is 158 cm³/mol. The lowest BCUT2D eigenvalue weighted by atomic mass is 9.73. The number of rotatable bonds is 7. The summed E-state index contributed by atoms with van der Waals surface area (Å²) in [6.07, 6.45) is 4.53. The van der Waals surface area contributed by atoms with E-state index in [0.717, 1.165) is 27.7 Å². The Morgan fingerprint density at radius 3 is 2.38 bits per heavy atom. The molecule has 1 amide bonds. The van der Waals surface area contributed by atoms with Crippen molar-refractivity contribution in [2.24, 2.45) is 5.41 Å². The van der Waals surface area contributed by atoms with Gasteiger partial charge in [0, 0.05) is 35.8 Å². The molecule has 0 spiro atoms. The number of phenols is 1. The zero-order chi connectivity index (χ0) is 29.3. The summed E-state index contributed by atoms with van der Waals surface area (Å²) >= 11 is 0. The monoisotopic (exact) mass is 563 g/mol. The molecule has 1 fully saturated rings. The molecular weight excluding hydrogens is 533 g/mol. The number of aliphatic carboxylic acids is 1. The number of para-hydroxylation sites is 1. The molecule has 212 valence electrons. The number of amides is 1. The van der Waals surface area contributed by atoms with Crippen molar-refractivity contribution in [3.63, 3.8) is 0 Å². The van der Waals surface area contributed by atoms with E-state index < -0.39 is 11.4 Å². The van der Waals surface area contributed by atoms with Crippen LogP contribution in [0.4, 0.5) is 4.39 Å². The molecule has 0 saturated carbocycles. The Balaban J connectivity index is 1.12. The van der Waals surface area contributed by atoms with Gasteiger partial charge in [0.1, 0.15) is 11.6 Å². The highest BCUT2D eigenvalue weighted by molar-refractivity contribution is 5.89. The maximum absolute atomic E-state index is 13.7. The molecule has 7 nitrogen and oxygen atoms in total. The van der Waals surface area contributed by atoms with E-state index in [9.17, 15) is 24.2 Å². The molecule has 3 aromatic carbocycles. The van der Waals surface area contributed by atoms with Gasteiger partial charge in [-0.15, -0.1) is 0 Å². The van der Waals surface area contributed by atoms with Crippen LogP contribution >= 0.6 is 0 Å². The number of halogens is 1. The zero-order valence-corrected chi connectivity index (χ0v) is 22.9. The van der Waals surface area contributed by atoms with E-state index in [4.69, 9.17) is 0 Å². The zero-order valence-electron chi connectivity index (χ0n) is 22.9. The van der Waals surface area contributed by atoms with Crippen LogP contribution in [0.25, 0.3) is 33.3 Å². The smallest absolute Gasteiger partial charge is 0.310 e. The van der Waals surface area contributed by atoms with Crippen molar-refractivity contribution in [2.45, 2.75) is 25.7 Å². The van der Waals surface area contributed by atoms with E-state index in [0.29, 0.717) is 42.6 Å². The quantitative estimate of drug-likeness (QED) is 0.218. The third-order valence-electron chi connectivity index (χ3n) is 8.33. The summed E-state index contributed by atoms with van der Waals surface area (Å²) in [4.78, 5) is 34.5. The van der Waals surface area contributed by atoms with Crippen molar-refractivity contribution in [1.29, 1.82) is 0 Å². The van der Waals surface area contributed by atoms with Crippen LogP contribution < -0.4 is 0 Å². The van der Waals surface area contributed by atoms with Crippen molar-refractivity contribution < 1.29 is 24.2 Å². The van der Waals surface area contributed by atoms with E-state index in [1.54, 1.807) is 29.4 Å². The van der Waals surface area contributed by atoms with Gasteiger partial charge in [0.05, 0.1) is 29.2 Å². The van der Waals surface area contributed by atoms with Crippen LogP contribution in [-0.4, -0.2) is 50.0 Å². The molecule has 0 atom stereocenters. The van der Waals surface area contributed by atoms with Gasteiger partial charge in [-0.25, -0.2) is 4.39 Å². The van der Waals surface area contributed by atoms with Gasteiger partial charge in [-0.3, -0.25) is 14.6 Å². The van der Waals surface area contributed by atoms with Crippen molar-refractivity contribution >= 4 is 22.8 Å². The Labute approximate surface area is 242 Å². The summed E-state index contributed by atoms with van der Waals surface area (Å²) in [5.41, 5.74) is 4.33. The van der Waals surface area contributed by atoms with Gasteiger partial charge < -0.3 is 20.1 Å². The molecule has 5 aromatic rings. The van der Waals surface area contributed by atoms with Crippen LogP contribution in [0.5, 0.6) is 5.75 Å². The number of hydrogen-bond donors (Lipinski definition) is 3. The SMILES string of the molecule is O=C(Cc1ccc(-c2cccc(-c3cc4ccncc4[nH]3)c2O)cc1)N1CCC(Cc2cccc(F)c2)(C(=O)O)CC1. The lowest BCUT2D eigenvalue weighted by Crippen LogP contribution is -2.48. The number of phenolic OH excluding ortho intramolecular Hbond substituents is 1. The number of benzene rings is 3. The van der Waals surface area contributed by atoms with Crippen LogP contribution in [0.15, 0.2) is 91.3 Å². The summed E-state index contributed by atoms with van der Waals surface area (Å²) in [7, 11) is 0. The fourth-order valence-electron chi connectivity index (χ4n) is 5.89. The molecule has 1 saturated heterocycles. The minimum atomic E-state index is -1.02. The highest BCUT2D eigenvalue weighted by atomic mass is 19.1. The first-order valence-corrected chi connectivity index (χ1v) is 13.9. The van der Waals surface area contributed by atoms with Gasteiger partial charge in [0.2, 0.25) is 5.91 Å². The third kappa shape index (κ3) is 5.35. The number of nitrogens with one attached hydrogen (secondary N) is 1. The average Bonchev–Trinajstić information content (AvgIpc) is 3.42. The van der Waals surface area contributed by atoms with Crippen LogP contribution in [0.3, 0.4) is 0 Å². The molecule has 3 heterocycles. The lowest BCUT2D eigenvalue weighted by molar-refractivity contribution is -0.154. The maximum atomic E-state index is 13.7. The van der Waals surface area contributed by atoms with Crippen LogP contribution in [0.2, 0.25) is 0 Å². The topological polar surface area (TPSA) is 107 Å². The second-order valence-corrected chi connectivity index (χ2v) is 11.0. The van der Waals surface area contributed by atoms with Gasteiger partial charge in [0.15, 0.2) is 0 Å². The van der Waals surface area contributed by atoms with Crippen LogP contribution in [0.1, 0.15) is 24.0 Å². The van der Waals surface area contributed by atoms with Gasteiger partial charge in [-0.1, -0.05) is 48.5 Å². The molecule has 6 rings (SSSR count). The number of carbonyl (C=O) groups excluding carboxylic acids is 1. The number of pyridine rings is 1. The van der Waals surface area contributed by atoms with Crippen molar-refractivity contribution in [3.8, 4) is 28.1 Å². The fraction of sp³-hybridized carbons (Fsp3) is 0.206. The van der Waals surface area contributed by atoms with Crippen LogP contribution in [-0.2, 0) is 22.4 Å². The number of nitrogens with zero attached hydrogens (tertiary/aromatic N) is 2. The Morgan fingerprint density at radius 2 is 1.67 bits per heavy atom. The highest BCUT2D eigenvalue weighted by Crippen LogP contribution is 2.39. The number of carboxylic acids is 1. The number of aromatic hydroxyl groups is 1. The molecule has 1 aliphatic heterocycles. The van der Waals surface area contributed by atoms with E-state index >= 15 is 0 Å². The molecule has 1 aliphatic rings. The number of aromatic amines is 1. The first-order chi connectivity index (χ1) is 20.3. The summed E-state index contributed by atoms with van der Waals surface area (Å²) < 4.78 is 13.7. The number of hydrogen-bond acceptors (Lipinski definition) is 4. The van der Waals surface area contributed by atoms with Crippen LogP contribution in [0, 0.1) is 11.2 Å². The molecule has 0 unspecified atom stereocenters. The van der Waals surface area contributed by atoms with Gasteiger partial charge in [-0.2, -0.15) is 0 Å². The van der Waals surface area contributed by atoms with Gasteiger partial charge in [0.25, 0.3) is 0 Å². The Bertz CT molecular complexity index is 1740. The predicted octanol–water partition coefficient (Wildman–Crippen LogP) is 6.22. The second kappa shape index (κ2) is 11.1. The molecule has 2 aromatic heterocycles. The molecule has 42 heavy (non-hydrogen) atoms. The third-order valence-corrected chi connectivity index (χ3v) is 8.33. The Hall–Kier alpha value is -4.98. The summed E-state index contributed by atoms with van der Waals surface area (Å²) in [5, 5.41) is 22.2. The summed E-state index contributed by atoms with van der Waals surface area (Å²) in [6, 6.07) is 23.1. The maximum Gasteiger partial charge on any atom is 0.310 e. The fourth-order valence-corrected chi connectivity index (χ4v) is 5.89. The lowest BCUT2D eigenvalue weighted by Gasteiger charge is -2.39. The van der Waals surface area contributed by atoms with Crippen molar-refractivity contribution in [3.05, 3.63) is 108 Å². The number of fused-ring (bicyclic) bond motifs is 1. The van der Waals surface area contributed by atoms with E-state index in [-0.39, 0.29) is 30.3 Å². The standard InChI is InChI=1S/C34H30FN3O4/c35-26-4-1-3-23(17-26)20-34(33(41)42)12-15-38(16-13-34)31(39)18-22-7-9-24(10-8-22)27-5-2-6-28(32(27)40)29-19-25-11-14-36-21-30(25)37-29/h1-11,14,17,19,21,37,40H,12-13,15-16,18,20H2,(H,41,42). The molecule has 8 heteroatoms. The largest absolute Gasteiger partial charge is 0.507 e. The second-order valence-electron chi connectivity index (χ2n) is 11.0. The van der Waals surface area contributed by atoms with E-state index in [2.05, 4.69) is 9.97 Å². The minimum absolute atomic E-state index is 0.0642. The summed E-state index contributed by atoms with van der Waals surface area (Å²) in [5.74, 6) is -1.20. The van der Waals surface area contributed by atoms with Gasteiger partial charge in [-0.05, 0) is 66.3 Å². The number of likely N-dealkylation sites (tertiary alicyclic amines) is 1. The van der Waals surface area contributed by atoms with Crippen molar-refractivity contribution in [1.82, 2.24) is 14.9 Å². The van der Waals surface area contributed by atoms with E-state index in [1.165, 1.54) is 12.1 Å². The highest BCUT2D eigenvalue weighted by Gasteiger charge is 2.42. The number of carbonyl (C=O) groups is 2. The molecule has 0 radical (unpaired) electrons. The number of carboxylic acid groups (broad SMARTS) is 1. The first kappa shape index (κ1) is 27.2. The summed E-state index contributed by atoms with van der Waals surface area (Å²) in [6.45, 7) is 0.673. The molecular formula is C34H30FN3O4. The number of aromatic nitrogens is 2. The normalized spacial score (nSPS) is 14.6. The van der Waals surface area contributed by atoms with Gasteiger partial charge >= 0.3 is 5.97 Å². The Kier molecular flexibility index (Phi) is 7.20. The molecule has 3 N–H and O–H groups in total. The van der Waals surface area contributed by atoms with Crippen molar-refractivity contribution in [2.75, 3.05) is 13.1 Å². The molecule has 0 bridgehead atoms. The first-order valence-electron chi connectivity index (χ1n) is 13.9. The number of piperidine rings is 1. The number of H-pyrrole nitrogens is 1. The average molecular weight is 564 g/mol. The van der Waals surface area contributed by atoms with E-state index in [1.807, 2.05) is 54.6 Å². The Morgan fingerprint density at radius 1 is 0.929 bits per heavy atom. The minimum Gasteiger partial charge on any atom is -0.507 e. The molecule has 0 aliphatic carbocycles.